The van der Waals surface area contributed by atoms with Gasteiger partial charge in [0.2, 0.25) is 0 Å². The predicted octanol–water partition coefficient (Wildman–Crippen LogP) is 1.36. The number of anilines is 2. The van der Waals surface area contributed by atoms with Crippen LogP contribution in [0.4, 0.5) is 16.3 Å². The zero-order valence-corrected chi connectivity index (χ0v) is 15.0. The Morgan fingerprint density at radius 2 is 2.04 bits per heavy atom. The maximum Gasteiger partial charge on any atom is 0.319 e. The van der Waals surface area contributed by atoms with Crippen LogP contribution in [0.5, 0.6) is 0 Å². The molecule has 1 unspecified atom stereocenters. The number of nitrogens with zero attached hydrogens (tertiary/aromatic N) is 3. The third kappa shape index (κ3) is 4.82. The van der Waals surface area contributed by atoms with Crippen LogP contribution in [-0.2, 0) is 0 Å². The Kier molecular flexibility index (Phi) is 6.01. The maximum atomic E-state index is 12.2. The molecule has 0 bridgehead atoms. The van der Waals surface area contributed by atoms with Gasteiger partial charge in [0.15, 0.2) is 0 Å². The van der Waals surface area contributed by atoms with Crippen LogP contribution >= 0.6 is 0 Å². The summed E-state index contributed by atoms with van der Waals surface area (Å²) in [6, 6.07) is 3.24. The molecule has 1 saturated heterocycles. The Morgan fingerprint density at radius 3 is 2.67 bits per heavy atom. The fourth-order valence-corrected chi connectivity index (χ4v) is 2.40. The molecule has 0 spiro atoms. The third-order valence-corrected chi connectivity index (χ3v) is 4.76. The lowest BCUT2D eigenvalue weighted by Crippen LogP contribution is -2.46. The van der Waals surface area contributed by atoms with E-state index in [1.165, 1.54) is 0 Å². The second kappa shape index (κ2) is 7.81. The standard InChI is InChI=1S/C17H29N5O2/c1-13(17(2,3)12-23)19-16(24)20-14-5-6-18-15(11-14)22-9-7-21(4)8-10-22/h5-6,11,13,23H,7-10,12H2,1-4H3,(H2,18,19,20,24). The van der Waals surface area contributed by atoms with E-state index in [-0.39, 0.29) is 24.1 Å². The first kappa shape index (κ1) is 18.5. The molecule has 1 aliphatic rings. The van der Waals surface area contributed by atoms with Crippen molar-refractivity contribution in [3.05, 3.63) is 18.3 Å². The number of urea groups is 1. The van der Waals surface area contributed by atoms with E-state index in [0.717, 1.165) is 32.0 Å². The van der Waals surface area contributed by atoms with E-state index in [1.807, 2.05) is 26.8 Å². The molecule has 134 valence electrons. The molecule has 0 radical (unpaired) electrons. The van der Waals surface area contributed by atoms with Gasteiger partial charge in [-0.3, -0.25) is 0 Å². The lowest BCUT2D eigenvalue weighted by atomic mass is 9.86. The van der Waals surface area contributed by atoms with Crippen molar-refractivity contribution in [2.45, 2.75) is 26.8 Å². The van der Waals surface area contributed by atoms with E-state index in [1.54, 1.807) is 12.3 Å². The molecule has 1 aromatic heterocycles. The van der Waals surface area contributed by atoms with Gasteiger partial charge in [0, 0.05) is 55.6 Å². The average Bonchev–Trinajstić information content (AvgIpc) is 2.55. The molecule has 0 saturated carbocycles. The summed E-state index contributed by atoms with van der Waals surface area (Å²) in [5.74, 6) is 0.879. The van der Waals surface area contributed by atoms with Crippen molar-refractivity contribution in [3.8, 4) is 0 Å². The highest BCUT2D eigenvalue weighted by Gasteiger charge is 2.26. The number of aliphatic hydroxyl groups excluding tert-OH is 1. The number of likely N-dealkylation sites (N-methyl/N-ethyl adjacent to an activating group) is 1. The zero-order chi connectivity index (χ0) is 17.7. The summed E-state index contributed by atoms with van der Waals surface area (Å²) in [5, 5.41) is 15.1. The van der Waals surface area contributed by atoms with Crippen LogP contribution in [0.15, 0.2) is 18.3 Å². The first-order valence-corrected chi connectivity index (χ1v) is 8.40. The molecule has 1 fully saturated rings. The lowest BCUT2D eigenvalue weighted by Gasteiger charge is -2.33. The van der Waals surface area contributed by atoms with Gasteiger partial charge in [0.1, 0.15) is 5.82 Å². The van der Waals surface area contributed by atoms with Crippen LogP contribution in [0.25, 0.3) is 0 Å². The van der Waals surface area contributed by atoms with Crippen molar-refractivity contribution in [1.82, 2.24) is 15.2 Å². The molecule has 2 amide bonds. The first-order valence-electron chi connectivity index (χ1n) is 8.40. The van der Waals surface area contributed by atoms with Crippen LogP contribution in [0.1, 0.15) is 20.8 Å². The van der Waals surface area contributed by atoms with Gasteiger partial charge in [-0.15, -0.1) is 0 Å². The smallest absolute Gasteiger partial charge is 0.319 e. The van der Waals surface area contributed by atoms with Crippen molar-refractivity contribution < 1.29 is 9.90 Å². The van der Waals surface area contributed by atoms with E-state index in [9.17, 15) is 9.90 Å². The number of aliphatic hydroxyl groups is 1. The van der Waals surface area contributed by atoms with E-state index < -0.39 is 0 Å². The molecular weight excluding hydrogens is 306 g/mol. The van der Waals surface area contributed by atoms with Gasteiger partial charge in [0.25, 0.3) is 0 Å². The van der Waals surface area contributed by atoms with Crippen molar-refractivity contribution in [3.63, 3.8) is 0 Å². The van der Waals surface area contributed by atoms with Crippen molar-refractivity contribution >= 4 is 17.5 Å². The number of hydrogen-bond donors (Lipinski definition) is 3. The third-order valence-electron chi connectivity index (χ3n) is 4.76. The van der Waals surface area contributed by atoms with Gasteiger partial charge < -0.3 is 25.5 Å². The monoisotopic (exact) mass is 335 g/mol. The Bertz CT molecular complexity index is 556. The predicted molar refractivity (Wildman–Crippen MR) is 96.4 cm³/mol. The summed E-state index contributed by atoms with van der Waals surface area (Å²) in [4.78, 5) is 21.1. The first-order chi connectivity index (χ1) is 11.3. The maximum absolute atomic E-state index is 12.2. The molecule has 24 heavy (non-hydrogen) atoms. The number of hydrogen-bond acceptors (Lipinski definition) is 5. The van der Waals surface area contributed by atoms with Crippen molar-refractivity contribution in [2.75, 3.05) is 50.1 Å². The second-order valence-corrected chi connectivity index (χ2v) is 7.16. The van der Waals surface area contributed by atoms with Crippen molar-refractivity contribution in [2.24, 2.45) is 5.41 Å². The van der Waals surface area contributed by atoms with Gasteiger partial charge in [0.05, 0.1) is 6.61 Å². The van der Waals surface area contributed by atoms with Crippen LogP contribution in [-0.4, -0.2) is 66.9 Å². The molecule has 7 heteroatoms. The largest absolute Gasteiger partial charge is 0.396 e. The van der Waals surface area contributed by atoms with Crippen LogP contribution in [0.3, 0.4) is 0 Å². The quantitative estimate of drug-likeness (QED) is 0.757. The molecule has 1 aliphatic heterocycles. The fourth-order valence-electron chi connectivity index (χ4n) is 2.40. The minimum Gasteiger partial charge on any atom is -0.396 e. The second-order valence-electron chi connectivity index (χ2n) is 7.16. The molecule has 1 atom stereocenters. The van der Waals surface area contributed by atoms with Gasteiger partial charge in [-0.25, -0.2) is 9.78 Å². The number of nitrogens with one attached hydrogen (secondary N) is 2. The number of pyridine rings is 1. The molecule has 0 aliphatic carbocycles. The van der Waals surface area contributed by atoms with Gasteiger partial charge in [-0.05, 0) is 20.0 Å². The summed E-state index contributed by atoms with van der Waals surface area (Å²) < 4.78 is 0. The summed E-state index contributed by atoms with van der Waals surface area (Å²) >= 11 is 0. The highest BCUT2D eigenvalue weighted by Crippen LogP contribution is 2.20. The molecule has 1 aromatic rings. The highest BCUT2D eigenvalue weighted by molar-refractivity contribution is 5.89. The lowest BCUT2D eigenvalue weighted by molar-refractivity contribution is 0.126. The minimum absolute atomic E-state index is 0.0112. The minimum atomic E-state index is -0.374. The topological polar surface area (TPSA) is 80.7 Å². The Morgan fingerprint density at radius 1 is 1.38 bits per heavy atom. The van der Waals surface area contributed by atoms with E-state index >= 15 is 0 Å². The van der Waals surface area contributed by atoms with Gasteiger partial charge in [-0.2, -0.15) is 0 Å². The fraction of sp³-hybridized carbons (Fsp3) is 0.647. The van der Waals surface area contributed by atoms with Gasteiger partial charge >= 0.3 is 6.03 Å². The zero-order valence-electron chi connectivity index (χ0n) is 15.0. The highest BCUT2D eigenvalue weighted by atomic mass is 16.3. The SMILES string of the molecule is CC(NC(=O)Nc1ccnc(N2CCN(C)CC2)c1)C(C)(C)CO. The Balaban J connectivity index is 1.95. The van der Waals surface area contributed by atoms with E-state index in [4.69, 9.17) is 0 Å². The number of carbonyl (C=O) groups is 1. The Hall–Kier alpha value is -1.86. The van der Waals surface area contributed by atoms with Crippen LogP contribution in [0.2, 0.25) is 0 Å². The van der Waals surface area contributed by atoms with Gasteiger partial charge in [-0.1, -0.05) is 13.8 Å². The summed E-state index contributed by atoms with van der Waals surface area (Å²) in [6.07, 6.45) is 1.71. The van der Waals surface area contributed by atoms with E-state index in [0.29, 0.717) is 5.69 Å². The number of amides is 2. The summed E-state index contributed by atoms with van der Waals surface area (Å²) in [6.45, 7) is 9.60. The van der Waals surface area contributed by atoms with E-state index in [2.05, 4.69) is 32.5 Å². The molecule has 2 rings (SSSR count). The number of carbonyl (C=O) groups excluding carboxylic acids is 1. The summed E-state index contributed by atoms with van der Waals surface area (Å²) in [5.41, 5.74) is 0.339. The number of aromatic nitrogens is 1. The Labute approximate surface area is 144 Å². The molecule has 7 nitrogen and oxygen atoms in total. The molecule has 3 N–H and O–H groups in total. The van der Waals surface area contributed by atoms with Crippen molar-refractivity contribution in [1.29, 1.82) is 0 Å². The molecule has 2 heterocycles. The summed E-state index contributed by atoms with van der Waals surface area (Å²) in [7, 11) is 2.11. The normalized spacial score (nSPS) is 17.5. The molecule has 0 aromatic carbocycles. The number of rotatable bonds is 5. The average molecular weight is 335 g/mol. The number of piperazine rings is 1. The van der Waals surface area contributed by atoms with Crippen LogP contribution < -0.4 is 15.5 Å². The molecular formula is C17H29N5O2. The van der Waals surface area contributed by atoms with Crippen LogP contribution in [0, 0.1) is 5.41 Å².